The first-order valence-corrected chi connectivity index (χ1v) is 8.28. The number of para-hydroxylation sites is 2. The van der Waals surface area contributed by atoms with Crippen molar-refractivity contribution in [2.75, 3.05) is 24.2 Å². The van der Waals surface area contributed by atoms with E-state index >= 15 is 0 Å². The monoisotopic (exact) mass is 375 g/mol. The molecule has 1 heterocycles. The normalized spacial score (nSPS) is 14.1. The fourth-order valence-electron chi connectivity index (χ4n) is 2.02. The lowest BCUT2D eigenvalue weighted by Crippen LogP contribution is -2.34. The quantitative estimate of drug-likeness (QED) is 0.238. The van der Waals surface area contributed by atoms with E-state index < -0.39 is 10.8 Å². The van der Waals surface area contributed by atoms with Gasteiger partial charge in [-0.25, -0.2) is 0 Å². The van der Waals surface area contributed by atoms with Gasteiger partial charge in [-0.2, -0.15) is 5.26 Å². The summed E-state index contributed by atoms with van der Waals surface area (Å²) in [6.07, 6.45) is 1.13. The maximum Gasteiger partial charge on any atom is 0.292 e. The fraction of sp³-hybridized carbons (Fsp3) is 0.200. The molecule has 1 aliphatic heterocycles. The van der Waals surface area contributed by atoms with Crippen LogP contribution in [0.15, 0.2) is 36.0 Å². The maximum atomic E-state index is 12.1. The van der Waals surface area contributed by atoms with E-state index in [0.717, 1.165) is 22.9 Å². The van der Waals surface area contributed by atoms with Gasteiger partial charge in [-0.1, -0.05) is 23.9 Å². The molecule has 1 aliphatic rings. The van der Waals surface area contributed by atoms with Crippen molar-refractivity contribution in [1.29, 1.82) is 5.26 Å². The van der Waals surface area contributed by atoms with Gasteiger partial charge in [0.2, 0.25) is 5.91 Å². The zero-order chi connectivity index (χ0) is 19.1. The molecule has 0 saturated carbocycles. The highest BCUT2D eigenvalue weighted by molar-refractivity contribution is 8.14. The summed E-state index contributed by atoms with van der Waals surface area (Å²) in [6, 6.07) is 7.22. The Hall–Kier alpha value is -3.39. The Kier molecular flexibility index (Phi) is 6.29. The molecule has 2 N–H and O–H groups in total. The number of thioether (sulfide) groups is 1. The number of nitrogens with one attached hydrogen (secondary N) is 2. The third-order valence-corrected chi connectivity index (χ3v) is 4.14. The van der Waals surface area contributed by atoms with E-state index in [1.807, 2.05) is 0 Å². The predicted molar refractivity (Wildman–Crippen MR) is 93.0 cm³/mol. The van der Waals surface area contributed by atoms with Crippen molar-refractivity contribution in [2.45, 2.75) is 0 Å². The highest BCUT2D eigenvalue weighted by Crippen LogP contribution is 2.23. The number of rotatable bonds is 7. The number of nitro groups is 1. The first kappa shape index (κ1) is 18.9. The highest BCUT2D eigenvalue weighted by Gasteiger charge is 2.29. The van der Waals surface area contributed by atoms with E-state index in [0.29, 0.717) is 0 Å². The number of anilines is 1. The number of hydrogen-bond acceptors (Lipinski definition) is 8. The van der Waals surface area contributed by atoms with E-state index in [1.165, 1.54) is 24.3 Å². The lowest BCUT2D eigenvalue weighted by atomic mass is 10.2. The highest BCUT2D eigenvalue weighted by atomic mass is 32.2. The molecule has 1 fully saturated rings. The number of amides is 3. The van der Waals surface area contributed by atoms with Crippen molar-refractivity contribution >= 4 is 40.2 Å². The van der Waals surface area contributed by atoms with Crippen molar-refractivity contribution in [2.24, 2.45) is 0 Å². The largest absolute Gasteiger partial charge is 0.388 e. The predicted octanol–water partition coefficient (Wildman–Crippen LogP) is 1.23. The average molecular weight is 375 g/mol. The molecule has 0 aromatic heterocycles. The third-order valence-electron chi connectivity index (χ3n) is 3.28. The minimum absolute atomic E-state index is 0.0334. The minimum Gasteiger partial charge on any atom is -0.388 e. The van der Waals surface area contributed by atoms with Crippen LogP contribution in [0.3, 0.4) is 0 Å². The smallest absolute Gasteiger partial charge is 0.292 e. The van der Waals surface area contributed by atoms with Crippen LogP contribution in [0.1, 0.15) is 0 Å². The minimum atomic E-state index is -0.821. The summed E-state index contributed by atoms with van der Waals surface area (Å²) in [5, 5.41) is 24.6. The van der Waals surface area contributed by atoms with Crippen molar-refractivity contribution < 1.29 is 19.3 Å². The van der Waals surface area contributed by atoms with Gasteiger partial charge in [0.1, 0.15) is 17.3 Å². The Bertz CT molecular complexity index is 816. The van der Waals surface area contributed by atoms with Gasteiger partial charge in [-0.05, 0) is 6.07 Å². The number of nitrogens with zero attached hydrogens (tertiary/aromatic N) is 3. The number of benzene rings is 1. The molecule has 0 aliphatic carbocycles. The summed E-state index contributed by atoms with van der Waals surface area (Å²) in [7, 11) is 0. The van der Waals surface area contributed by atoms with Crippen LogP contribution < -0.4 is 10.6 Å². The molecule has 0 atom stereocenters. The third kappa shape index (κ3) is 4.58. The molecule has 1 aromatic rings. The average Bonchev–Trinajstić information content (AvgIpc) is 2.93. The molecule has 0 spiro atoms. The van der Waals surface area contributed by atoms with Crippen LogP contribution in [0.2, 0.25) is 0 Å². The number of nitriles is 1. The Morgan fingerprint density at radius 2 is 2.15 bits per heavy atom. The summed E-state index contributed by atoms with van der Waals surface area (Å²) < 4.78 is 0. The topological polar surface area (TPSA) is 145 Å². The first-order chi connectivity index (χ1) is 12.4. The molecule has 10 nitrogen and oxygen atoms in total. The maximum absolute atomic E-state index is 12.1. The van der Waals surface area contributed by atoms with Gasteiger partial charge in [0.15, 0.2) is 0 Å². The Morgan fingerprint density at radius 3 is 2.77 bits per heavy atom. The zero-order valence-corrected chi connectivity index (χ0v) is 14.1. The van der Waals surface area contributed by atoms with E-state index in [-0.39, 0.29) is 46.9 Å². The molecule has 3 amide bonds. The second-order valence-corrected chi connectivity index (χ2v) is 5.88. The van der Waals surface area contributed by atoms with Gasteiger partial charge in [-0.15, -0.1) is 0 Å². The van der Waals surface area contributed by atoms with E-state index in [4.69, 9.17) is 5.26 Å². The number of carbonyl (C=O) groups excluding carboxylic acids is 3. The SMILES string of the molecule is N#C/C(=C/NCCN1C(=O)CSC1=O)C(=O)Nc1ccccc1[N+](=O)[O-]. The van der Waals surface area contributed by atoms with Crippen LogP contribution in [-0.4, -0.2) is 45.7 Å². The van der Waals surface area contributed by atoms with Crippen molar-refractivity contribution in [3.63, 3.8) is 0 Å². The molecular weight excluding hydrogens is 362 g/mol. The van der Waals surface area contributed by atoms with Gasteiger partial charge in [0.05, 0.1) is 10.7 Å². The molecule has 11 heteroatoms. The van der Waals surface area contributed by atoms with Crippen LogP contribution in [0.4, 0.5) is 16.2 Å². The van der Waals surface area contributed by atoms with E-state index in [2.05, 4.69) is 10.6 Å². The van der Waals surface area contributed by atoms with Crippen LogP contribution >= 0.6 is 11.8 Å². The summed E-state index contributed by atoms with van der Waals surface area (Å²) >= 11 is 0.915. The molecule has 134 valence electrons. The van der Waals surface area contributed by atoms with Crippen molar-refractivity contribution in [3.05, 3.63) is 46.2 Å². The van der Waals surface area contributed by atoms with Crippen LogP contribution in [0, 0.1) is 21.4 Å². The van der Waals surface area contributed by atoms with Gasteiger partial charge < -0.3 is 10.6 Å². The van der Waals surface area contributed by atoms with Crippen LogP contribution in [-0.2, 0) is 9.59 Å². The van der Waals surface area contributed by atoms with Gasteiger partial charge in [0.25, 0.3) is 16.8 Å². The molecule has 2 rings (SSSR count). The first-order valence-electron chi connectivity index (χ1n) is 7.29. The number of imide groups is 1. The molecule has 0 bridgehead atoms. The Balaban J connectivity index is 1.95. The van der Waals surface area contributed by atoms with E-state index in [9.17, 15) is 24.5 Å². The van der Waals surface area contributed by atoms with Crippen LogP contribution in [0.5, 0.6) is 0 Å². The van der Waals surface area contributed by atoms with Gasteiger partial charge >= 0.3 is 0 Å². The lowest BCUT2D eigenvalue weighted by molar-refractivity contribution is -0.383. The zero-order valence-electron chi connectivity index (χ0n) is 13.3. The molecule has 0 unspecified atom stereocenters. The summed E-state index contributed by atoms with van der Waals surface area (Å²) in [4.78, 5) is 46.3. The fourth-order valence-corrected chi connectivity index (χ4v) is 2.78. The van der Waals surface area contributed by atoms with Crippen molar-refractivity contribution in [1.82, 2.24) is 10.2 Å². The van der Waals surface area contributed by atoms with Crippen molar-refractivity contribution in [3.8, 4) is 6.07 Å². The molecular formula is C15H13N5O5S. The summed E-state index contributed by atoms with van der Waals surface area (Å²) in [5.41, 5.74) is -0.639. The lowest BCUT2D eigenvalue weighted by Gasteiger charge is -2.12. The standard InChI is InChI=1S/C15H13N5O5S/c16-7-10(8-17-5-6-19-13(21)9-26-15(19)23)14(22)18-11-3-1-2-4-12(11)20(24)25/h1-4,8,17H,5-6,9H2,(H,18,22)/b10-8-. The van der Waals surface area contributed by atoms with Gasteiger partial charge in [0, 0.05) is 25.4 Å². The molecule has 1 aromatic carbocycles. The van der Waals surface area contributed by atoms with Gasteiger partial charge in [-0.3, -0.25) is 29.4 Å². The number of hydrogen-bond donors (Lipinski definition) is 2. The second-order valence-electron chi connectivity index (χ2n) is 4.95. The molecule has 0 radical (unpaired) electrons. The summed E-state index contributed by atoms with van der Waals surface area (Å²) in [6.45, 7) is 0.258. The Morgan fingerprint density at radius 1 is 1.42 bits per heavy atom. The molecule has 26 heavy (non-hydrogen) atoms. The van der Waals surface area contributed by atoms with E-state index in [1.54, 1.807) is 6.07 Å². The molecule has 1 saturated heterocycles. The Labute approximate surface area is 152 Å². The number of nitro benzene ring substituents is 1. The van der Waals surface area contributed by atoms with Crippen LogP contribution in [0.25, 0.3) is 0 Å². The number of carbonyl (C=O) groups is 3. The summed E-state index contributed by atoms with van der Waals surface area (Å²) in [5.74, 6) is -1.00. The second kappa shape index (κ2) is 8.63.